The molecule has 1 aliphatic heterocycles. The molecule has 0 unspecified atom stereocenters. The molecular weight excluding hydrogens is 354 g/mol. The van der Waals surface area contributed by atoms with Crippen molar-refractivity contribution in [2.24, 2.45) is 0 Å². The van der Waals surface area contributed by atoms with Crippen molar-refractivity contribution in [3.8, 4) is 0 Å². The largest absolute Gasteiger partial charge is 0.451 e. The highest BCUT2D eigenvalue weighted by atomic mass is 32.1. The van der Waals surface area contributed by atoms with Crippen LogP contribution >= 0.6 is 11.3 Å². The molecule has 8 heteroatoms. The van der Waals surface area contributed by atoms with E-state index in [0.29, 0.717) is 35.6 Å². The summed E-state index contributed by atoms with van der Waals surface area (Å²) < 4.78 is 5.64. The maximum absolute atomic E-state index is 12.8. The molecule has 0 aliphatic carbocycles. The number of thiazole rings is 1. The molecule has 2 amide bonds. The number of nitrogens with zero attached hydrogens (tertiary/aromatic N) is 2. The second kappa shape index (κ2) is 6.38. The molecule has 0 saturated carbocycles. The van der Waals surface area contributed by atoms with Crippen LogP contribution in [0.2, 0.25) is 0 Å². The van der Waals surface area contributed by atoms with Crippen LogP contribution < -0.4 is 10.7 Å². The molecule has 2 aromatic heterocycles. The van der Waals surface area contributed by atoms with E-state index in [9.17, 15) is 14.4 Å². The molecule has 0 radical (unpaired) electrons. The normalized spacial score (nSPS) is 13.5. The van der Waals surface area contributed by atoms with Crippen molar-refractivity contribution < 1.29 is 14.0 Å². The van der Waals surface area contributed by atoms with Crippen molar-refractivity contribution in [3.63, 3.8) is 0 Å². The Morgan fingerprint density at radius 1 is 1.31 bits per heavy atom. The smallest absolute Gasteiger partial charge is 0.290 e. The van der Waals surface area contributed by atoms with Gasteiger partial charge in [-0.15, -0.1) is 0 Å². The molecule has 0 spiro atoms. The van der Waals surface area contributed by atoms with E-state index in [1.54, 1.807) is 29.2 Å². The van der Waals surface area contributed by atoms with E-state index >= 15 is 0 Å². The predicted molar refractivity (Wildman–Crippen MR) is 97.3 cm³/mol. The second-order valence-corrected chi connectivity index (χ2v) is 7.10. The van der Waals surface area contributed by atoms with Crippen LogP contribution in [-0.2, 0) is 17.8 Å². The van der Waals surface area contributed by atoms with Gasteiger partial charge in [-0.2, -0.15) is 0 Å². The highest BCUT2D eigenvalue weighted by molar-refractivity contribution is 7.15. The first-order valence-corrected chi connectivity index (χ1v) is 8.91. The van der Waals surface area contributed by atoms with Crippen molar-refractivity contribution in [1.82, 2.24) is 9.88 Å². The lowest BCUT2D eigenvalue weighted by atomic mass is 10.1. The summed E-state index contributed by atoms with van der Waals surface area (Å²) in [6.07, 6.45) is 0.592. The minimum atomic E-state index is -0.326. The lowest BCUT2D eigenvalue weighted by Gasteiger charge is -2.25. The summed E-state index contributed by atoms with van der Waals surface area (Å²) in [7, 11) is 0. The van der Waals surface area contributed by atoms with E-state index < -0.39 is 0 Å². The number of carbonyl (C=O) groups excluding carboxylic acids is 2. The number of amides is 2. The number of para-hydroxylation sites is 1. The minimum absolute atomic E-state index is 0.0312. The lowest BCUT2D eigenvalue weighted by Crippen LogP contribution is -2.35. The summed E-state index contributed by atoms with van der Waals surface area (Å²) in [5.41, 5.74) is 1.05. The number of anilines is 1. The highest BCUT2D eigenvalue weighted by Crippen LogP contribution is 2.29. The van der Waals surface area contributed by atoms with Gasteiger partial charge in [0.2, 0.25) is 5.91 Å². The molecule has 0 fully saturated rings. The Kier molecular flexibility index (Phi) is 4.04. The van der Waals surface area contributed by atoms with E-state index in [2.05, 4.69) is 10.3 Å². The lowest BCUT2D eigenvalue weighted by molar-refractivity contribution is -0.114. The van der Waals surface area contributed by atoms with Gasteiger partial charge in [0, 0.05) is 30.8 Å². The zero-order valence-electron chi connectivity index (χ0n) is 13.9. The molecule has 3 heterocycles. The average Bonchev–Trinajstić information content (AvgIpc) is 3.01. The van der Waals surface area contributed by atoms with Crippen molar-refractivity contribution >= 4 is 39.3 Å². The van der Waals surface area contributed by atoms with Gasteiger partial charge in [0.05, 0.1) is 17.6 Å². The van der Waals surface area contributed by atoms with E-state index in [4.69, 9.17) is 4.42 Å². The molecule has 132 valence electrons. The van der Waals surface area contributed by atoms with E-state index in [1.165, 1.54) is 24.3 Å². The number of hydrogen-bond donors (Lipinski definition) is 1. The van der Waals surface area contributed by atoms with Gasteiger partial charge in [0.1, 0.15) is 5.58 Å². The van der Waals surface area contributed by atoms with E-state index in [1.807, 2.05) is 0 Å². The Hall–Kier alpha value is -3.00. The van der Waals surface area contributed by atoms with Crippen molar-refractivity contribution in [3.05, 3.63) is 56.9 Å². The summed E-state index contributed by atoms with van der Waals surface area (Å²) in [6, 6.07) is 8.10. The van der Waals surface area contributed by atoms with Gasteiger partial charge in [-0.25, -0.2) is 4.98 Å². The molecule has 3 aromatic rings. The average molecular weight is 369 g/mol. The maximum atomic E-state index is 12.8. The topological polar surface area (TPSA) is 92.5 Å². The van der Waals surface area contributed by atoms with Gasteiger partial charge in [0.15, 0.2) is 16.3 Å². The molecule has 4 rings (SSSR count). The van der Waals surface area contributed by atoms with E-state index in [-0.39, 0.29) is 23.0 Å². The minimum Gasteiger partial charge on any atom is -0.451 e. The van der Waals surface area contributed by atoms with Gasteiger partial charge in [-0.1, -0.05) is 23.5 Å². The fraction of sp³-hybridized carbons (Fsp3) is 0.222. The molecular formula is C18H15N3O4S. The van der Waals surface area contributed by atoms with Gasteiger partial charge in [-0.05, 0) is 12.1 Å². The summed E-state index contributed by atoms with van der Waals surface area (Å²) in [6.45, 7) is 2.28. The summed E-state index contributed by atoms with van der Waals surface area (Å²) in [5.74, 6) is -0.473. The SMILES string of the molecule is CC(=O)Nc1nc2c(s1)CN(C(=O)c1cc(=O)c3ccccc3o1)CC2. The van der Waals surface area contributed by atoms with Crippen molar-refractivity contribution in [1.29, 1.82) is 0 Å². The first-order valence-electron chi connectivity index (χ1n) is 8.09. The zero-order valence-corrected chi connectivity index (χ0v) is 14.8. The van der Waals surface area contributed by atoms with Gasteiger partial charge in [-0.3, -0.25) is 14.4 Å². The third-order valence-corrected chi connectivity index (χ3v) is 5.14. The highest BCUT2D eigenvalue weighted by Gasteiger charge is 2.27. The van der Waals surface area contributed by atoms with Crippen molar-refractivity contribution in [2.45, 2.75) is 19.9 Å². The van der Waals surface area contributed by atoms with Gasteiger partial charge in [0.25, 0.3) is 5.91 Å². The zero-order chi connectivity index (χ0) is 18.3. The Morgan fingerprint density at radius 3 is 2.92 bits per heavy atom. The first-order chi connectivity index (χ1) is 12.5. The Labute approximate surface area is 152 Å². The number of rotatable bonds is 2. The number of benzene rings is 1. The second-order valence-electron chi connectivity index (χ2n) is 6.02. The monoisotopic (exact) mass is 369 g/mol. The van der Waals surface area contributed by atoms with Crippen LogP contribution in [0.5, 0.6) is 0 Å². The Bertz CT molecular complexity index is 1090. The van der Waals surface area contributed by atoms with Gasteiger partial charge >= 0.3 is 0 Å². The fourth-order valence-electron chi connectivity index (χ4n) is 2.94. The van der Waals surface area contributed by atoms with Gasteiger partial charge < -0.3 is 14.6 Å². The number of aromatic nitrogens is 1. The Morgan fingerprint density at radius 2 is 2.12 bits per heavy atom. The molecule has 1 N–H and O–H groups in total. The van der Waals surface area contributed by atoms with Crippen LogP contribution in [0.1, 0.15) is 28.0 Å². The van der Waals surface area contributed by atoms with E-state index in [0.717, 1.165) is 10.6 Å². The molecule has 7 nitrogen and oxygen atoms in total. The first kappa shape index (κ1) is 16.5. The van der Waals surface area contributed by atoms with Crippen molar-refractivity contribution in [2.75, 3.05) is 11.9 Å². The molecule has 0 saturated heterocycles. The van der Waals surface area contributed by atoms with Crippen LogP contribution in [0.3, 0.4) is 0 Å². The summed E-state index contributed by atoms with van der Waals surface area (Å²) >= 11 is 1.36. The number of nitrogens with one attached hydrogen (secondary N) is 1. The fourth-order valence-corrected chi connectivity index (χ4v) is 4.01. The number of carbonyl (C=O) groups is 2. The third-order valence-electron chi connectivity index (χ3n) is 4.15. The van der Waals surface area contributed by atoms with Crippen LogP contribution in [0.4, 0.5) is 5.13 Å². The van der Waals surface area contributed by atoms with Crippen LogP contribution in [-0.4, -0.2) is 28.2 Å². The molecule has 1 aliphatic rings. The van der Waals surface area contributed by atoms with Crippen LogP contribution in [0, 0.1) is 0 Å². The molecule has 0 bridgehead atoms. The van der Waals surface area contributed by atoms with Crippen LogP contribution in [0.15, 0.2) is 39.5 Å². The number of fused-ring (bicyclic) bond motifs is 2. The standard InChI is InChI=1S/C18H15N3O4S/c1-10(22)19-18-20-12-6-7-21(9-16(12)26-18)17(24)15-8-13(23)11-4-2-3-5-14(11)25-15/h2-5,8H,6-7,9H2,1H3,(H,19,20,22). The third kappa shape index (κ3) is 2.99. The quantitative estimate of drug-likeness (QED) is 0.749. The molecule has 0 atom stereocenters. The predicted octanol–water partition coefficient (Wildman–Crippen LogP) is 2.41. The van der Waals surface area contributed by atoms with Crippen LogP contribution in [0.25, 0.3) is 11.0 Å². The maximum Gasteiger partial charge on any atom is 0.290 e. The number of hydrogen-bond acceptors (Lipinski definition) is 6. The summed E-state index contributed by atoms with van der Waals surface area (Å²) in [4.78, 5) is 43.1. The molecule has 1 aromatic carbocycles. The summed E-state index contributed by atoms with van der Waals surface area (Å²) in [5, 5.41) is 3.66. The Balaban J connectivity index is 1.61. The molecule has 26 heavy (non-hydrogen) atoms.